The Balaban J connectivity index is 1.44. The molecule has 0 aliphatic carbocycles. The molecule has 3 heterocycles. The summed E-state index contributed by atoms with van der Waals surface area (Å²) in [5.74, 6) is 0.151. The molecule has 1 atom stereocenters. The van der Waals surface area contributed by atoms with Crippen LogP contribution in [0.5, 0.6) is 0 Å². The molecule has 0 bridgehead atoms. The molecule has 1 amide bonds. The van der Waals surface area contributed by atoms with Crippen LogP contribution in [0.2, 0.25) is 0 Å². The van der Waals surface area contributed by atoms with Crippen LogP contribution in [0.25, 0.3) is 11.2 Å². The van der Waals surface area contributed by atoms with Crippen molar-refractivity contribution in [2.75, 3.05) is 23.3 Å². The highest BCUT2D eigenvalue weighted by atomic mass is 16.2. The van der Waals surface area contributed by atoms with Crippen LogP contribution in [0.3, 0.4) is 0 Å². The fourth-order valence-electron chi connectivity index (χ4n) is 4.75. The zero-order valence-electron chi connectivity index (χ0n) is 19.9. The van der Waals surface area contributed by atoms with Gasteiger partial charge >= 0.3 is 0 Å². The quantitative estimate of drug-likeness (QED) is 0.458. The molecule has 0 unspecified atom stereocenters. The Labute approximate surface area is 204 Å². The molecule has 35 heavy (non-hydrogen) atoms. The van der Waals surface area contributed by atoms with E-state index < -0.39 is 0 Å². The van der Waals surface area contributed by atoms with Crippen molar-refractivity contribution in [3.8, 4) is 0 Å². The van der Waals surface area contributed by atoms with Crippen molar-refractivity contribution >= 4 is 28.6 Å². The Bertz CT molecular complexity index is 1400. The lowest BCUT2D eigenvalue weighted by Gasteiger charge is -2.33. The van der Waals surface area contributed by atoms with Gasteiger partial charge in [-0.25, -0.2) is 9.97 Å². The fraction of sp³-hybridized carbons (Fsp3) is 0.286. The summed E-state index contributed by atoms with van der Waals surface area (Å²) in [7, 11) is 0. The minimum atomic E-state index is -0.220. The highest BCUT2D eigenvalue weighted by molar-refractivity contribution is 5.93. The van der Waals surface area contributed by atoms with Gasteiger partial charge in [0, 0.05) is 25.0 Å². The van der Waals surface area contributed by atoms with E-state index in [-0.39, 0.29) is 17.4 Å². The van der Waals surface area contributed by atoms with E-state index in [1.807, 2.05) is 71.6 Å². The van der Waals surface area contributed by atoms with Crippen molar-refractivity contribution in [3.63, 3.8) is 0 Å². The third-order valence-corrected chi connectivity index (χ3v) is 6.62. The molecule has 1 aliphatic heterocycles. The molecule has 178 valence electrons. The van der Waals surface area contributed by atoms with E-state index in [1.54, 1.807) is 10.8 Å². The predicted octanol–water partition coefficient (Wildman–Crippen LogP) is 4.26. The summed E-state index contributed by atoms with van der Waals surface area (Å²) in [6, 6.07) is 21.5. The molecule has 7 heteroatoms. The lowest BCUT2D eigenvalue weighted by molar-refractivity contribution is -0.120. The van der Waals surface area contributed by atoms with E-state index in [0.717, 1.165) is 36.1 Å². The van der Waals surface area contributed by atoms with Crippen LogP contribution in [0, 0.1) is 5.92 Å². The van der Waals surface area contributed by atoms with E-state index in [9.17, 15) is 9.59 Å². The minimum Gasteiger partial charge on any atom is -0.351 e. The number of fused-ring (bicyclic) bond motifs is 1. The molecule has 0 radical (unpaired) electrons. The van der Waals surface area contributed by atoms with Gasteiger partial charge in [-0.2, -0.15) is 0 Å². The molecule has 7 nitrogen and oxygen atoms in total. The molecule has 1 N–H and O–H groups in total. The maximum atomic E-state index is 13.7. The first-order valence-electron chi connectivity index (χ1n) is 12.2. The number of nitrogens with zero attached hydrogens (tertiary/aromatic N) is 4. The fourth-order valence-corrected chi connectivity index (χ4v) is 4.75. The number of anilines is 2. The van der Waals surface area contributed by atoms with E-state index >= 15 is 0 Å². The van der Waals surface area contributed by atoms with E-state index in [0.29, 0.717) is 36.6 Å². The van der Waals surface area contributed by atoms with Gasteiger partial charge in [0.1, 0.15) is 5.52 Å². The van der Waals surface area contributed by atoms with Gasteiger partial charge in [0.2, 0.25) is 5.91 Å². The second-order valence-corrected chi connectivity index (χ2v) is 8.94. The molecule has 2 aromatic carbocycles. The highest BCUT2D eigenvalue weighted by Crippen LogP contribution is 2.24. The normalized spacial score (nSPS) is 15.8. The van der Waals surface area contributed by atoms with Gasteiger partial charge in [-0.05, 0) is 48.6 Å². The highest BCUT2D eigenvalue weighted by Gasteiger charge is 2.29. The number of carbonyl (C=O) groups excluding carboxylic acids is 1. The van der Waals surface area contributed by atoms with E-state index in [2.05, 4.69) is 17.2 Å². The van der Waals surface area contributed by atoms with Crippen LogP contribution >= 0.6 is 0 Å². The average molecular weight is 468 g/mol. The summed E-state index contributed by atoms with van der Waals surface area (Å²) >= 11 is 0. The largest absolute Gasteiger partial charge is 0.351 e. The zero-order valence-corrected chi connectivity index (χ0v) is 19.9. The summed E-state index contributed by atoms with van der Waals surface area (Å²) in [6.07, 6.45) is 4.13. The Morgan fingerprint density at radius 3 is 2.69 bits per heavy atom. The van der Waals surface area contributed by atoms with Crippen molar-refractivity contribution in [1.29, 1.82) is 0 Å². The number of nitrogens with one attached hydrogen (secondary N) is 1. The Morgan fingerprint density at radius 1 is 1.06 bits per heavy atom. The third-order valence-electron chi connectivity index (χ3n) is 6.62. The average Bonchev–Trinajstić information content (AvgIpc) is 2.91. The van der Waals surface area contributed by atoms with Crippen LogP contribution in [-0.4, -0.2) is 33.5 Å². The summed E-state index contributed by atoms with van der Waals surface area (Å²) in [6.45, 7) is 3.64. The molecular formula is C28H29N5O2. The van der Waals surface area contributed by atoms with Crippen LogP contribution in [0.4, 0.5) is 11.5 Å². The Morgan fingerprint density at radius 2 is 1.86 bits per heavy atom. The predicted molar refractivity (Wildman–Crippen MR) is 139 cm³/mol. The lowest BCUT2D eigenvalue weighted by Crippen LogP contribution is -2.44. The van der Waals surface area contributed by atoms with Crippen LogP contribution in [-0.2, 0) is 17.8 Å². The second-order valence-electron chi connectivity index (χ2n) is 8.94. The van der Waals surface area contributed by atoms with Crippen LogP contribution in [0.15, 0.2) is 77.7 Å². The summed E-state index contributed by atoms with van der Waals surface area (Å²) in [4.78, 5) is 37.9. The van der Waals surface area contributed by atoms with Gasteiger partial charge in [-0.1, -0.05) is 55.5 Å². The number of hydrogen-bond acceptors (Lipinski definition) is 5. The molecule has 0 saturated carbocycles. The second kappa shape index (κ2) is 10.1. The number of benzene rings is 2. The van der Waals surface area contributed by atoms with Crippen LogP contribution < -0.4 is 15.8 Å². The third kappa shape index (κ3) is 4.80. The van der Waals surface area contributed by atoms with Crippen LogP contribution in [0.1, 0.15) is 30.9 Å². The number of aromatic nitrogens is 3. The number of piperidine rings is 1. The molecule has 1 saturated heterocycles. The molecule has 1 fully saturated rings. The smallest absolute Gasteiger partial charge is 0.295 e. The zero-order chi connectivity index (χ0) is 24.2. The van der Waals surface area contributed by atoms with Crippen molar-refractivity contribution < 1.29 is 4.79 Å². The molecule has 1 aliphatic rings. The first kappa shape index (κ1) is 22.8. The van der Waals surface area contributed by atoms with Crippen molar-refractivity contribution in [1.82, 2.24) is 14.5 Å². The summed E-state index contributed by atoms with van der Waals surface area (Å²) in [5.41, 5.74) is 4.04. The maximum Gasteiger partial charge on any atom is 0.295 e. The molecule has 4 aromatic rings. The monoisotopic (exact) mass is 467 g/mol. The number of amides is 1. The molecule has 0 spiro atoms. The number of hydrogen-bond donors (Lipinski definition) is 1. The standard InChI is InChI=1S/C28H29N5O2/c1-2-21-12-6-7-14-23(21)31-27(34)22-13-9-17-32(19-22)26-28(35)33(18-20-10-4-3-5-11-20)25-24(30-26)15-8-16-29-25/h3-8,10-12,14-16,22H,2,9,13,17-19H2,1H3,(H,31,34)/t22-/m1/s1. The van der Waals surface area contributed by atoms with Gasteiger partial charge < -0.3 is 10.2 Å². The Kier molecular flexibility index (Phi) is 6.57. The number of rotatable bonds is 6. The number of aryl methyl sites for hydroxylation is 1. The van der Waals surface area contributed by atoms with Crippen molar-refractivity contribution in [2.24, 2.45) is 5.92 Å². The van der Waals surface area contributed by atoms with E-state index in [1.165, 1.54) is 0 Å². The van der Waals surface area contributed by atoms with Gasteiger partial charge in [0.05, 0.1) is 12.5 Å². The number of carbonyl (C=O) groups is 1. The number of pyridine rings is 1. The lowest BCUT2D eigenvalue weighted by atomic mass is 9.96. The van der Waals surface area contributed by atoms with Gasteiger partial charge in [0.25, 0.3) is 5.56 Å². The minimum absolute atomic E-state index is 0.0114. The molecular weight excluding hydrogens is 438 g/mol. The Hall–Kier alpha value is -4.00. The van der Waals surface area contributed by atoms with Gasteiger partial charge in [-0.15, -0.1) is 0 Å². The topological polar surface area (TPSA) is 80.1 Å². The SMILES string of the molecule is CCc1ccccc1NC(=O)[C@@H]1CCCN(c2nc3cccnc3n(Cc3ccccc3)c2=O)C1. The maximum absolute atomic E-state index is 13.7. The molecule has 5 rings (SSSR count). The summed E-state index contributed by atoms with van der Waals surface area (Å²) < 4.78 is 1.69. The first-order chi connectivity index (χ1) is 17.1. The molecule has 2 aromatic heterocycles. The van der Waals surface area contributed by atoms with Crippen molar-refractivity contribution in [3.05, 3.63) is 94.4 Å². The van der Waals surface area contributed by atoms with Gasteiger partial charge in [-0.3, -0.25) is 14.2 Å². The van der Waals surface area contributed by atoms with E-state index in [4.69, 9.17) is 4.98 Å². The van der Waals surface area contributed by atoms with Crippen molar-refractivity contribution in [2.45, 2.75) is 32.7 Å². The number of para-hydroxylation sites is 1. The summed E-state index contributed by atoms with van der Waals surface area (Å²) in [5, 5.41) is 3.11. The first-order valence-corrected chi connectivity index (χ1v) is 12.2. The van der Waals surface area contributed by atoms with Gasteiger partial charge in [0.15, 0.2) is 11.5 Å².